The average Bonchev–Trinajstić information content (AvgIpc) is 3.05. The van der Waals surface area contributed by atoms with Gasteiger partial charge in [-0.1, -0.05) is 30.3 Å². The molecule has 5 rings (SSSR count). The number of hydrogen-bond acceptors (Lipinski definition) is 3. The van der Waals surface area contributed by atoms with Crippen molar-refractivity contribution in [2.75, 3.05) is 25.0 Å². The third-order valence-electron chi connectivity index (χ3n) is 5.46. The van der Waals surface area contributed by atoms with Gasteiger partial charge in [0.1, 0.15) is 5.75 Å². The molecule has 3 aromatic rings. The van der Waals surface area contributed by atoms with Crippen LogP contribution in [0.15, 0.2) is 48.5 Å². The predicted octanol–water partition coefficient (Wildman–Crippen LogP) is 2.95. The molecule has 132 valence electrons. The monoisotopic (exact) mass is 347 g/mol. The molecule has 1 amide bonds. The van der Waals surface area contributed by atoms with Crippen molar-refractivity contribution < 1.29 is 9.53 Å². The van der Waals surface area contributed by atoms with E-state index in [0.29, 0.717) is 13.1 Å². The van der Waals surface area contributed by atoms with Crippen LogP contribution in [0.25, 0.3) is 10.9 Å². The van der Waals surface area contributed by atoms with Crippen LogP contribution in [0.5, 0.6) is 5.75 Å². The average molecular weight is 347 g/mol. The summed E-state index contributed by atoms with van der Waals surface area (Å²) in [5, 5.41) is 1.28. The van der Waals surface area contributed by atoms with Crippen LogP contribution in [0.1, 0.15) is 11.3 Å². The van der Waals surface area contributed by atoms with Crippen molar-refractivity contribution in [3.05, 3.63) is 59.8 Å². The number of ether oxygens (including phenoxy) is 1. The number of H-pyrrole nitrogens is 1. The lowest BCUT2D eigenvalue weighted by atomic mass is 10.0. The van der Waals surface area contributed by atoms with Gasteiger partial charge >= 0.3 is 0 Å². The smallest absolute Gasteiger partial charge is 0.265 e. The molecule has 0 spiro atoms. The minimum absolute atomic E-state index is 0.0654. The Morgan fingerprint density at radius 2 is 1.96 bits per heavy atom. The lowest BCUT2D eigenvalue weighted by Crippen LogP contribution is -2.50. The molecule has 1 atom stereocenters. The highest BCUT2D eigenvalue weighted by Gasteiger charge is 2.34. The van der Waals surface area contributed by atoms with E-state index >= 15 is 0 Å². The largest absolute Gasteiger partial charge is 0.477 e. The van der Waals surface area contributed by atoms with E-state index < -0.39 is 6.10 Å². The van der Waals surface area contributed by atoms with E-state index in [-0.39, 0.29) is 5.91 Å². The lowest BCUT2D eigenvalue weighted by Gasteiger charge is -2.36. The van der Waals surface area contributed by atoms with Crippen molar-refractivity contribution in [3.8, 4) is 5.75 Å². The Labute approximate surface area is 152 Å². The molecule has 0 bridgehead atoms. The van der Waals surface area contributed by atoms with Gasteiger partial charge in [0.05, 0.1) is 18.8 Å². The quantitative estimate of drug-likeness (QED) is 0.736. The molecule has 0 saturated carbocycles. The highest BCUT2D eigenvalue weighted by Crippen LogP contribution is 2.33. The Morgan fingerprint density at radius 3 is 2.88 bits per heavy atom. The van der Waals surface area contributed by atoms with E-state index in [1.807, 2.05) is 42.3 Å². The molecule has 2 aromatic carbocycles. The van der Waals surface area contributed by atoms with Crippen molar-refractivity contribution >= 4 is 22.5 Å². The summed E-state index contributed by atoms with van der Waals surface area (Å²) < 4.78 is 6.02. The number of rotatable bonds is 1. The molecule has 0 radical (unpaired) electrons. The SMILES string of the molecule is CN1C[C@H](C(=O)N2CCc3c([nH]c4ccccc34)C2)Oc2ccccc21. The second-order valence-corrected chi connectivity index (χ2v) is 7.09. The number of benzene rings is 2. The second-order valence-electron chi connectivity index (χ2n) is 7.09. The fourth-order valence-corrected chi connectivity index (χ4v) is 4.12. The fraction of sp³-hybridized carbons (Fsp3) is 0.286. The van der Waals surface area contributed by atoms with Crippen LogP contribution in [0, 0.1) is 0 Å². The van der Waals surface area contributed by atoms with E-state index in [1.54, 1.807) is 0 Å². The highest BCUT2D eigenvalue weighted by molar-refractivity contribution is 5.87. The van der Waals surface area contributed by atoms with Gasteiger partial charge in [0, 0.05) is 30.2 Å². The maximum absolute atomic E-state index is 13.1. The van der Waals surface area contributed by atoms with Crippen LogP contribution in [0.4, 0.5) is 5.69 Å². The summed E-state index contributed by atoms with van der Waals surface area (Å²) in [5.74, 6) is 0.846. The van der Waals surface area contributed by atoms with Crippen molar-refractivity contribution in [1.29, 1.82) is 0 Å². The number of carbonyl (C=O) groups is 1. The second kappa shape index (κ2) is 5.80. The van der Waals surface area contributed by atoms with Crippen molar-refractivity contribution in [2.45, 2.75) is 19.1 Å². The van der Waals surface area contributed by atoms with E-state index in [1.165, 1.54) is 10.9 Å². The first-order valence-electron chi connectivity index (χ1n) is 9.05. The number of likely N-dealkylation sites (N-methyl/N-ethyl adjacent to an activating group) is 1. The maximum Gasteiger partial charge on any atom is 0.265 e. The van der Waals surface area contributed by atoms with Gasteiger partial charge in [-0.2, -0.15) is 0 Å². The van der Waals surface area contributed by atoms with Gasteiger partial charge in [0.15, 0.2) is 6.10 Å². The van der Waals surface area contributed by atoms with Crippen LogP contribution >= 0.6 is 0 Å². The number of hydrogen-bond donors (Lipinski definition) is 1. The Hall–Kier alpha value is -2.95. The van der Waals surface area contributed by atoms with Crippen LogP contribution in [0.3, 0.4) is 0 Å². The summed E-state index contributed by atoms with van der Waals surface area (Å²) in [4.78, 5) is 20.6. The van der Waals surface area contributed by atoms with Crippen LogP contribution < -0.4 is 9.64 Å². The summed E-state index contributed by atoms with van der Waals surface area (Å²) in [6.45, 7) is 1.93. The number of nitrogens with one attached hydrogen (secondary N) is 1. The maximum atomic E-state index is 13.1. The fourth-order valence-electron chi connectivity index (χ4n) is 4.12. The standard InChI is InChI=1S/C21H21N3O2/c1-23-13-20(26-19-9-5-4-8-18(19)23)21(25)24-11-10-15-14-6-2-3-7-16(14)22-17(15)12-24/h2-9,20,22H,10-13H2,1H3/t20-/m1/s1. The summed E-state index contributed by atoms with van der Waals surface area (Å²) in [6, 6.07) is 16.2. The van der Waals surface area contributed by atoms with Gasteiger partial charge in [-0.05, 0) is 30.2 Å². The molecule has 5 nitrogen and oxygen atoms in total. The number of aromatic nitrogens is 1. The third kappa shape index (κ3) is 2.35. The Bertz CT molecular complexity index is 994. The lowest BCUT2D eigenvalue weighted by molar-refractivity contribution is -0.139. The molecule has 2 aliphatic heterocycles. The normalized spacial score (nSPS) is 19.0. The zero-order chi connectivity index (χ0) is 17.7. The minimum Gasteiger partial charge on any atom is -0.477 e. The molecule has 0 fully saturated rings. The molecule has 5 heteroatoms. The van der Waals surface area contributed by atoms with Crippen molar-refractivity contribution in [1.82, 2.24) is 9.88 Å². The van der Waals surface area contributed by atoms with Gasteiger partial charge in [-0.15, -0.1) is 0 Å². The summed E-state index contributed by atoms with van der Waals surface area (Å²) in [6.07, 6.45) is 0.422. The zero-order valence-electron chi connectivity index (χ0n) is 14.7. The molecule has 1 aromatic heterocycles. The van der Waals surface area contributed by atoms with E-state index in [2.05, 4.69) is 28.1 Å². The molecule has 0 unspecified atom stereocenters. The van der Waals surface area contributed by atoms with E-state index in [9.17, 15) is 4.79 Å². The van der Waals surface area contributed by atoms with E-state index in [0.717, 1.165) is 35.6 Å². The molecule has 26 heavy (non-hydrogen) atoms. The summed E-state index contributed by atoms with van der Waals surface area (Å²) >= 11 is 0. The summed E-state index contributed by atoms with van der Waals surface area (Å²) in [5.41, 5.74) is 4.68. The first-order valence-corrected chi connectivity index (χ1v) is 9.05. The summed E-state index contributed by atoms with van der Waals surface area (Å²) in [7, 11) is 2.01. The van der Waals surface area contributed by atoms with Gasteiger partial charge in [-0.25, -0.2) is 0 Å². The van der Waals surface area contributed by atoms with Crippen molar-refractivity contribution in [3.63, 3.8) is 0 Å². The molecular formula is C21H21N3O2. The van der Waals surface area contributed by atoms with Crippen LogP contribution in [0.2, 0.25) is 0 Å². The Morgan fingerprint density at radius 1 is 1.15 bits per heavy atom. The Kier molecular flexibility index (Phi) is 3.42. The first-order chi connectivity index (χ1) is 12.7. The molecule has 3 heterocycles. The molecule has 0 saturated heterocycles. The number of fused-ring (bicyclic) bond motifs is 4. The first kappa shape index (κ1) is 15.3. The highest BCUT2D eigenvalue weighted by atomic mass is 16.5. The van der Waals surface area contributed by atoms with Gasteiger partial charge < -0.3 is 19.5 Å². The Balaban J connectivity index is 1.39. The van der Waals surface area contributed by atoms with Crippen LogP contribution in [-0.4, -0.2) is 42.0 Å². The molecule has 1 N–H and O–H groups in total. The molecule has 0 aliphatic carbocycles. The van der Waals surface area contributed by atoms with Gasteiger partial charge in [-0.3, -0.25) is 4.79 Å². The van der Waals surface area contributed by atoms with Gasteiger partial charge in [0.25, 0.3) is 5.91 Å². The zero-order valence-corrected chi connectivity index (χ0v) is 14.7. The number of amides is 1. The number of aromatic amines is 1. The topological polar surface area (TPSA) is 48.6 Å². The minimum atomic E-state index is -0.458. The van der Waals surface area contributed by atoms with Crippen molar-refractivity contribution in [2.24, 2.45) is 0 Å². The van der Waals surface area contributed by atoms with Gasteiger partial charge in [0.2, 0.25) is 0 Å². The molecular weight excluding hydrogens is 326 g/mol. The van der Waals surface area contributed by atoms with E-state index in [4.69, 9.17) is 4.74 Å². The van der Waals surface area contributed by atoms with Crippen LogP contribution in [-0.2, 0) is 17.8 Å². The number of anilines is 1. The predicted molar refractivity (Wildman–Crippen MR) is 102 cm³/mol. The third-order valence-corrected chi connectivity index (χ3v) is 5.46. The number of carbonyl (C=O) groups excluding carboxylic acids is 1. The number of para-hydroxylation sites is 3. The number of nitrogens with zero attached hydrogens (tertiary/aromatic N) is 2. The molecule has 2 aliphatic rings.